The lowest BCUT2D eigenvalue weighted by atomic mass is 9.94. The summed E-state index contributed by atoms with van der Waals surface area (Å²) in [6.07, 6.45) is 3.58. The van der Waals surface area contributed by atoms with Gasteiger partial charge < -0.3 is 19.6 Å². The second-order valence-electron chi connectivity index (χ2n) is 7.06. The molecule has 0 amide bonds. The third-order valence-corrected chi connectivity index (χ3v) is 5.28. The summed E-state index contributed by atoms with van der Waals surface area (Å²) < 4.78 is 12.5. The third kappa shape index (κ3) is 3.57. The highest BCUT2D eigenvalue weighted by atomic mass is 35.5. The molecule has 0 atom stereocenters. The van der Waals surface area contributed by atoms with Crippen LogP contribution in [0.2, 0.25) is 0 Å². The van der Waals surface area contributed by atoms with E-state index in [2.05, 4.69) is 25.5 Å². The standard InChI is InChI=1S/C20H20N6O3.ClH/c1-28-14-4-2-3-13(9-14)18-24-20(29-25-18)15-11-22-26-16(10-17(27)23-19(15)26)12-5-7-21-8-6-12;/h2-4,9-12,21H,5-8H2,1H3,(H,23,27);1H. The Kier molecular flexibility index (Phi) is 5.56. The summed E-state index contributed by atoms with van der Waals surface area (Å²) in [4.78, 5) is 19.7. The molecule has 3 aromatic heterocycles. The number of ether oxygens (including phenoxy) is 1. The number of fused-ring (bicyclic) bond motifs is 1. The number of aromatic amines is 1. The van der Waals surface area contributed by atoms with Crippen molar-refractivity contribution >= 4 is 18.1 Å². The number of rotatable bonds is 4. The van der Waals surface area contributed by atoms with Crippen LogP contribution in [0.3, 0.4) is 0 Å². The molecule has 0 spiro atoms. The average molecular weight is 429 g/mol. The topological polar surface area (TPSA) is 110 Å². The quantitative estimate of drug-likeness (QED) is 0.514. The van der Waals surface area contributed by atoms with Crippen LogP contribution in [0.15, 0.2) is 45.8 Å². The minimum atomic E-state index is -0.166. The lowest BCUT2D eigenvalue weighted by molar-refractivity contribution is 0.414. The summed E-state index contributed by atoms with van der Waals surface area (Å²) in [5.41, 5.74) is 2.68. The molecule has 0 bridgehead atoms. The fourth-order valence-electron chi connectivity index (χ4n) is 3.79. The Hall–Kier alpha value is -3.17. The molecular weight excluding hydrogens is 408 g/mol. The Morgan fingerprint density at radius 2 is 2.07 bits per heavy atom. The van der Waals surface area contributed by atoms with Gasteiger partial charge in [0.05, 0.1) is 19.0 Å². The van der Waals surface area contributed by atoms with E-state index in [1.807, 2.05) is 24.3 Å². The molecule has 1 saturated heterocycles. The maximum absolute atomic E-state index is 12.3. The Morgan fingerprint density at radius 3 is 2.87 bits per heavy atom. The summed E-state index contributed by atoms with van der Waals surface area (Å²) in [5, 5.41) is 11.9. The number of nitrogens with zero attached hydrogens (tertiary/aromatic N) is 4. The number of methoxy groups -OCH3 is 1. The Balaban J connectivity index is 0.00000218. The molecule has 10 heteroatoms. The molecule has 0 unspecified atom stereocenters. The fraction of sp³-hybridized carbons (Fsp3) is 0.300. The summed E-state index contributed by atoms with van der Waals surface area (Å²) in [5.74, 6) is 1.73. The lowest BCUT2D eigenvalue weighted by Gasteiger charge is -2.23. The number of aromatic nitrogens is 5. The van der Waals surface area contributed by atoms with Crippen molar-refractivity contribution in [3.8, 4) is 28.6 Å². The number of hydrogen-bond donors (Lipinski definition) is 2. The third-order valence-electron chi connectivity index (χ3n) is 5.28. The van der Waals surface area contributed by atoms with Crippen molar-refractivity contribution in [1.82, 2.24) is 30.1 Å². The zero-order valence-corrected chi connectivity index (χ0v) is 17.1. The number of nitrogens with one attached hydrogen (secondary N) is 2. The van der Waals surface area contributed by atoms with Gasteiger partial charge in [-0.1, -0.05) is 17.3 Å². The first-order valence-electron chi connectivity index (χ1n) is 9.53. The molecule has 4 heterocycles. The fourth-order valence-corrected chi connectivity index (χ4v) is 3.79. The van der Waals surface area contributed by atoms with Crippen LogP contribution < -0.4 is 15.6 Å². The summed E-state index contributed by atoms with van der Waals surface area (Å²) >= 11 is 0. The van der Waals surface area contributed by atoms with Crippen LogP contribution in [-0.4, -0.2) is 44.9 Å². The summed E-state index contributed by atoms with van der Waals surface area (Å²) in [6.45, 7) is 1.86. The van der Waals surface area contributed by atoms with E-state index in [0.29, 0.717) is 28.7 Å². The predicted molar refractivity (Wildman–Crippen MR) is 113 cm³/mol. The first kappa shape index (κ1) is 20.1. The normalized spacial score (nSPS) is 14.6. The van der Waals surface area contributed by atoms with Crippen LogP contribution in [0, 0.1) is 0 Å². The zero-order valence-electron chi connectivity index (χ0n) is 16.3. The van der Waals surface area contributed by atoms with Gasteiger partial charge in [-0.15, -0.1) is 12.4 Å². The van der Waals surface area contributed by atoms with Crippen molar-refractivity contribution in [3.05, 3.63) is 52.6 Å². The van der Waals surface area contributed by atoms with Crippen LogP contribution in [-0.2, 0) is 0 Å². The molecule has 0 aliphatic carbocycles. The first-order chi connectivity index (χ1) is 14.2. The monoisotopic (exact) mass is 428 g/mol. The van der Waals surface area contributed by atoms with E-state index in [-0.39, 0.29) is 23.9 Å². The highest BCUT2D eigenvalue weighted by molar-refractivity contribution is 5.85. The molecule has 2 N–H and O–H groups in total. The van der Waals surface area contributed by atoms with Gasteiger partial charge in [0.1, 0.15) is 17.0 Å². The van der Waals surface area contributed by atoms with E-state index in [1.165, 1.54) is 0 Å². The smallest absolute Gasteiger partial charge is 0.263 e. The van der Waals surface area contributed by atoms with Gasteiger partial charge >= 0.3 is 0 Å². The van der Waals surface area contributed by atoms with Crippen LogP contribution >= 0.6 is 12.4 Å². The van der Waals surface area contributed by atoms with Crippen LogP contribution in [0.25, 0.3) is 28.5 Å². The molecule has 1 aromatic carbocycles. The van der Waals surface area contributed by atoms with Gasteiger partial charge in [0.15, 0.2) is 0 Å². The highest BCUT2D eigenvalue weighted by Crippen LogP contribution is 2.29. The van der Waals surface area contributed by atoms with E-state index >= 15 is 0 Å². The second kappa shape index (κ2) is 8.29. The SMILES string of the molecule is COc1cccc(-c2noc(-c3cnn4c(C5CCNCC5)cc(=O)[nH]c34)n2)c1.Cl. The Morgan fingerprint density at radius 1 is 1.23 bits per heavy atom. The van der Waals surface area contributed by atoms with Crippen LogP contribution in [0.1, 0.15) is 24.5 Å². The van der Waals surface area contributed by atoms with Gasteiger partial charge in [-0.05, 0) is 38.1 Å². The molecular formula is C20H21ClN6O3. The summed E-state index contributed by atoms with van der Waals surface area (Å²) in [7, 11) is 1.61. The molecule has 9 nitrogen and oxygen atoms in total. The van der Waals surface area contributed by atoms with Gasteiger partial charge in [-0.25, -0.2) is 4.52 Å². The van der Waals surface area contributed by atoms with Crippen molar-refractivity contribution in [2.75, 3.05) is 20.2 Å². The summed E-state index contributed by atoms with van der Waals surface area (Å²) in [6, 6.07) is 9.06. The molecule has 5 rings (SSSR count). The van der Waals surface area contributed by atoms with Gasteiger partial charge in [-0.2, -0.15) is 10.1 Å². The van der Waals surface area contributed by atoms with Crippen LogP contribution in [0.4, 0.5) is 0 Å². The number of halogens is 1. The van der Waals surface area contributed by atoms with E-state index < -0.39 is 0 Å². The first-order valence-corrected chi connectivity index (χ1v) is 9.53. The molecule has 0 radical (unpaired) electrons. The molecule has 1 fully saturated rings. The van der Waals surface area contributed by atoms with E-state index in [4.69, 9.17) is 9.26 Å². The van der Waals surface area contributed by atoms with Crippen molar-refractivity contribution in [3.63, 3.8) is 0 Å². The minimum Gasteiger partial charge on any atom is -0.497 e. The number of H-pyrrole nitrogens is 1. The molecule has 1 aliphatic rings. The molecule has 156 valence electrons. The van der Waals surface area contributed by atoms with Gasteiger partial charge in [0, 0.05) is 17.5 Å². The van der Waals surface area contributed by atoms with Crippen molar-refractivity contribution in [2.24, 2.45) is 0 Å². The maximum atomic E-state index is 12.3. The van der Waals surface area contributed by atoms with Gasteiger partial charge in [-0.3, -0.25) is 4.79 Å². The van der Waals surface area contributed by atoms with E-state index in [0.717, 1.165) is 37.2 Å². The largest absolute Gasteiger partial charge is 0.497 e. The van der Waals surface area contributed by atoms with Crippen molar-refractivity contribution in [2.45, 2.75) is 18.8 Å². The highest BCUT2D eigenvalue weighted by Gasteiger charge is 2.22. The Bertz CT molecular complexity index is 1220. The predicted octanol–water partition coefficient (Wildman–Crippen LogP) is 2.64. The second-order valence-corrected chi connectivity index (χ2v) is 7.06. The minimum absolute atomic E-state index is 0. The number of hydrogen-bond acceptors (Lipinski definition) is 7. The lowest BCUT2D eigenvalue weighted by Crippen LogP contribution is -2.28. The van der Waals surface area contributed by atoms with E-state index in [9.17, 15) is 4.79 Å². The van der Waals surface area contributed by atoms with Gasteiger partial charge in [0.2, 0.25) is 5.82 Å². The van der Waals surface area contributed by atoms with Crippen molar-refractivity contribution in [1.29, 1.82) is 0 Å². The maximum Gasteiger partial charge on any atom is 0.263 e. The van der Waals surface area contributed by atoms with E-state index in [1.54, 1.807) is 23.9 Å². The Labute approximate surface area is 177 Å². The number of piperidine rings is 1. The van der Waals surface area contributed by atoms with Crippen LogP contribution in [0.5, 0.6) is 5.75 Å². The number of benzene rings is 1. The molecule has 1 aliphatic heterocycles. The molecule has 0 saturated carbocycles. The molecule has 4 aromatic rings. The zero-order chi connectivity index (χ0) is 19.8. The van der Waals surface area contributed by atoms with Crippen molar-refractivity contribution < 1.29 is 9.26 Å². The molecule has 30 heavy (non-hydrogen) atoms. The van der Waals surface area contributed by atoms with Gasteiger partial charge in [0.25, 0.3) is 11.4 Å². The average Bonchev–Trinajstić information content (AvgIpc) is 3.41.